The smallest absolute Gasteiger partial charge is 0.263 e. The van der Waals surface area contributed by atoms with Gasteiger partial charge in [0.15, 0.2) is 6.10 Å². The molecule has 27 heavy (non-hydrogen) atoms. The van der Waals surface area contributed by atoms with Crippen molar-refractivity contribution in [3.05, 3.63) is 48.5 Å². The van der Waals surface area contributed by atoms with Crippen LogP contribution in [0.15, 0.2) is 48.5 Å². The third-order valence-corrected chi connectivity index (χ3v) is 4.73. The topological polar surface area (TPSA) is 51.2 Å². The zero-order valence-electron chi connectivity index (χ0n) is 16.1. The van der Waals surface area contributed by atoms with Crippen molar-refractivity contribution in [1.29, 1.82) is 0 Å². The molecule has 0 spiro atoms. The third kappa shape index (κ3) is 4.64. The maximum atomic E-state index is 12.7. The summed E-state index contributed by atoms with van der Waals surface area (Å²) in [6.45, 7) is 4.74. The molecule has 1 heterocycles. The second-order valence-corrected chi connectivity index (χ2v) is 6.45. The number of hydrogen-bond acceptors (Lipinski definition) is 5. The molecule has 1 fully saturated rings. The fourth-order valence-corrected chi connectivity index (χ4v) is 3.16. The van der Waals surface area contributed by atoms with E-state index in [9.17, 15) is 4.79 Å². The van der Waals surface area contributed by atoms with Crippen LogP contribution in [0.4, 0.5) is 5.69 Å². The molecule has 2 aromatic carbocycles. The van der Waals surface area contributed by atoms with E-state index in [0.717, 1.165) is 24.5 Å². The molecule has 1 aliphatic rings. The lowest BCUT2D eigenvalue weighted by atomic mass is 10.2. The number of anilines is 1. The van der Waals surface area contributed by atoms with Crippen molar-refractivity contribution in [2.24, 2.45) is 0 Å². The van der Waals surface area contributed by atoms with Crippen LogP contribution in [0.1, 0.15) is 6.92 Å². The minimum Gasteiger partial charge on any atom is -0.497 e. The molecule has 6 nitrogen and oxygen atoms in total. The molecule has 0 unspecified atom stereocenters. The SMILES string of the molecule is COc1ccc(N2CCN(C(=O)[C@H](C)Oc3cccc(OC)c3)CC2)cc1. The van der Waals surface area contributed by atoms with Gasteiger partial charge in [-0.3, -0.25) is 4.79 Å². The minimum absolute atomic E-state index is 0.00667. The molecule has 0 N–H and O–H groups in total. The number of piperazine rings is 1. The summed E-state index contributed by atoms with van der Waals surface area (Å²) in [5.74, 6) is 2.19. The second-order valence-electron chi connectivity index (χ2n) is 6.45. The second kappa shape index (κ2) is 8.66. The first-order valence-electron chi connectivity index (χ1n) is 9.09. The first kappa shape index (κ1) is 18.9. The Labute approximate surface area is 160 Å². The van der Waals surface area contributed by atoms with Gasteiger partial charge in [0.05, 0.1) is 14.2 Å². The van der Waals surface area contributed by atoms with Gasteiger partial charge >= 0.3 is 0 Å². The molecule has 1 saturated heterocycles. The summed E-state index contributed by atoms with van der Waals surface area (Å²) in [6, 6.07) is 15.3. The lowest BCUT2D eigenvalue weighted by Crippen LogP contribution is -2.52. The number of rotatable bonds is 6. The number of methoxy groups -OCH3 is 2. The van der Waals surface area contributed by atoms with E-state index >= 15 is 0 Å². The van der Waals surface area contributed by atoms with Crippen LogP contribution in [0.25, 0.3) is 0 Å². The summed E-state index contributed by atoms with van der Waals surface area (Å²) in [4.78, 5) is 16.9. The lowest BCUT2D eigenvalue weighted by molar-refractivity contribution is -0.138. The Balaban J connectivity index is 1.54. The molecular formula is C21H26N2O4. The number of hydrogen-bond donors (Lipinski definition) is 0. The Morgan fingerprint density at radius 1 is 0.889 bits per heavy atom. The Bertz CT molecular complexity index is 755. The maximum Gasteiger partial charge on any atom is 0.263 e. The van der Waals surface area contributed by atoms with Gasteiger partial charge in [-0.15, -0.1) is 0 Å². The van der Waals surface area contributed by atoms with Crippen LogP contribution in [0, 0.1) is 0 Å². The highest BCUT2D eigenvalue weighted by atomic mass is 16.5. The predicted molar refractivity (Wildman–Crippen MR) is 105 cm³/mol. The van der Waals surface area contributed by atoms with Crippen LogP contribution < -0.4 is 19.1 Å². The van der Waals surface area contributed by atoms with E-state index in [1.54, 1.807) is 27.2 Å². The number of benzene rings is 2. The summed E-state index contributed by atoms with van der Waals surface area (Å²) in [7, 11) is 3.27. The van der Waals surface area contributed by atoms with E-state index in [4.69, 9.17) is 14.2 Å². The van der Waals surface area contributed by atoms with Gasteiger partial charge in [-0.25, -0.2) is 0 Å². The van der Waals surface area contributed by atoms with Gasteiger partial charge in [-0.05, 0) is 43.3 Å². The molecule has 0 bridgehead atoms. The molecule has 1 aliphatic heterocycles. The van der Waals surface area contributed by atoms with E-state index in [1.807, 2.05) is 47.4 Å². The van der Waals surface area contributed by atoms with Crippen LogP contribution in [-0.2, 0) is 4.79 Å². The molecule has 0 aliphatic carbocycles. The summed E-state index contributed by atoms with van der Waals surface area (Å²) in [5, 5.41) is 0. The summed E-state index contributed by atoms with van der Waals surface area (Å²) in [6.07, 6.45) is -0.537. The van der Waals surface area contributed by atoms with E-state index in [-0.39, 0.29) is 5.91 Å². The molecule has 144 valence electrons. The first-order valence-corrected chi connectivity index (χ1v) is 9.09. The minimum atomic E-state index is -0.537. The Morgan fingerprint density at radius 3 is 2.15 bits per heavy atom. The fraction of sp³-hybridized carbons (Fsp3) is 0.381. The molecule has 2 aromatic rings. The molecule has 0 radical (unpaired) electrons. The zero-order valence-corrected chi connectivity index (χ0v) is 16.1. The molecule has 0 aromatic heterocycles. The van der Waals surface area contributed by atoms with Crippen molar-refractivity contribution in [3.63, 3.8) is 0 Å². The summed E-state index contributed by atoms with van der Waals surface area (Å²) >= 11 is 0. The number of nitrogens with zero attached hydrogens (tertiary/aromatic N) is 2. The van der Waals surface area contributed by atoms with Crippen molar-refractivity contribution < 1.29 is 19.0 Å². The van der Waals surface area contributed by atoms with Crippen LogP contribution >= 0.6 is 0 Å². The van der Waals surface area contributed by atoms with E-state index in [1.165, 1.54) is 0 Å². The maximum absolute atomic E-state index is 12.7. The van der Waals surface area contributed by atoms with Gasteiger partial charge in [0.2, 0.25) is 0 Å². The third-order valence-electron chi connectivity index (χ3n) is 4.73. The number of carbonyl (C=O) groups excluding carboxylic acids is 1. The average molecular weight is 370 g/mol. The van der Waals surface area contributed by atoms with Gasteiger partial charge in [0.1, 0.15) is 17.2 Å². The van der Waals surface area contributed by atoms with E-state index < -0.39 is 6.10 Å². The van der Waals surface area contributed by atoms with Crippen molar-refractivity contribution in [3.8, 4) is 17.2 Å². The van der Waals surface area contributed by atoms with E-state index in [2.05, 4.69) is 4.90 Å². The van der Waals surface area contributed by atoms with Crippen LogP contribution in [-0.4, -0.2) is 57.3 Å². The standard InChI is InChI=1S/C21H26N2O4/c1-16(27-20-6-4-5-19(15-20)26-3)21(24)23-13-11-22(12-14-23)17-7-9-18(25-2)10-8-17/h4-10,15-16H,11-14H2,1-3H3/t16-/m0/s1. The first-order chi connectivity index (χ1) is 13.1. The zero-order chi connectivity index (χ0) is 19.2. The Kier molecular flexibility index (Phi) is 6.06. The van der Waals surface area contributed by atoms with Crippen LogP contribution in [0.2, 0.25) is 0 Å². The Morgan fingerprint density at radius 2 is 1.52 bits per heavy atom. The van der Waals surface area contributed by atoms with Gasteiger partial charge in [-0.2, -0.15) is 0 Å². The monoisotopic (exact) mass is 370 g/mol. The molecular weight excluding hydrogens is 344 g/mol. The van der Waals surface area contributed by atoms with Crippen LogP contribution in [0.5, 0.6) is 17.2 Å². The van der Waals surface area contributed by atoms with Gasteiger partial charge in [0.25, 0.3) is 5.91 Å². The van der Waals surface area contributed by atoms with Gasteiger partial charge in [0, 0.05) is 37.9 Å². The quantitative estimate of drug-likeness (QED) is 0.783. The molecule has 1 atom stereocenters. The van der Waals surface area contributed by atoms with Crippen molar-refractivity contribution in [1.82, 2.24) is 4.90 Å². The van der Waals surface area contributed by atoms with Crippen molar-refractivity contribution in [2.75, 3.05) is 45.3 Å². The molecule has 6 heteroatoms. The van der Waals surface area contributed by atoms with Crippen molar-refractivity contribution >= 4 is 11.6 Å². The van der Waals surface area contributed by atoms with E-state index in [0.29, 0.717) is 24.6 Å². The normalized spacial score (nSPS) is 15.2. The van der Waals surface area contributed by atoms with Crippen molar-refractivity contribution in [2.45, 2.75) is 13.0 Å². The average Bonchev–Trinajstić information content (AvgIpc) is 2.73. The molecule has 3 rings (SSSR count). The highest BCUT2D eigenvalue weighted by molar-refractivity contribution is 5.81. The highest BCUT2D eigenvalue weighted by Gasteiger charge is 2.26. The molecule has 0 saturated carbocycles. The Hall–Kier alpha value is -2.89. The highest BCUT2D eigenvalue weighted by Crippen LogP contribution is 2.22. The fourth-order valence-electron chi connectivity index (χ4n) is 3.16. The predicted octanol–water partition coefficient (Wildman–Crippen LogP) is 2.82. The number of amides is 1. The number of carbonyl (C=O) groups is 1. The van der Waals surface area contributed by atoms with Gasteiger partial charge < -0.3 is 24.0 Å². The lowest BCUT2D eigenvalue weighted by Gasteiger charge is -2.37. The summed E-state index contributed by atoms with van der Waals surface area (Å²) in [5.41, 5.74) is 1.14. The van der Waals surface area contributed by atoms with Crippen LogP contribution in [0.3, 0.4) is 0 Å². The largest absolute Gasteiger partial charge is 0.497 e. The molecule has 1 amide bonds. The summed E-state index contributed by atoms with van der Waals surface area (Å²) < 4.78 is 16.2. The number of ether oxygens (including phenoxy) is 3. The van der Waals surface area contributed by atoms with Gasteiger partial charge in [-0.1, -0.05) is 6.07 Å².